The Labute approximate surface area is 290 Å². The number of hydrogen-bond acceptors (Lipinski definition) is 11. The quantitative estimate of drug-likeness (QED) is 0.0417. The minimum atomic E-state index is -5.35. The van der Waals surface area contributed by atoms with E-state index in [1.165, 1.54) is 70.6 Å². The van der Waals surface area contributed by atoms with E-state index in [4.69, 9.17) is 9.47 Å². The Bertz CT molecular complexity index is 790. The molecule has 11 nitrogen and oxygen atoms in total. The summed E-state index contributed by atoms with van der Waals surface area (Å²) >= 11 is 0. The van der Waals surface area contributed by atoms with Gasteiger partial charge in [-0.15, -0.1) is 0 Å². The van der Waals surface area contributed by atoms with Gasteiger partial charge < -0.3 is 34.1 Å². The predicted molar refractivity (Wildman–Crippen MR) is 141 cm³/mol. The zero-order valence-corrected chi connectivity index (χ0v) is 30.2. The van der Waals surface area contributed by atoms with Crippen LogP contribution in [0.5, 0.6) is 0 Å². The summed E-state index contributed by atoms with van der Waals surface area (Å²) in [5, 5.41) is 27.4. The average molecular weight is 627 g/mol. The van der Waals surface area contributed by atoms with Crippen molar-refractivity contribution < 1.29 is 111 Å². The summed E-state index contributed by atoms with van der Waals surface area (Å²) in [4.78, 5) is 34.6. The number of aliphatic hydroxyl groups is 2. The van der Waals surface area contributed by atoms with Crippen molar-refractivity contribution in [1.82, 2.24) is 0 Å². The van der Waals surface area contributed by atoms with Gasteiger partial charge >= 0.3 is 71.1 Å². The van der Waals surface area contributed by atoms with E-state index in [0.29, 0.717) is 6.42 Å². The molecule has 14 heteroatoms. The molecular weight excluding hydrogens is 578 g/mol. The van der Waals surface area contributed by atoms with E-state index in [1.54, 1.807) is 0 Å². The molecule has 0 aromatic heterocycles. The van der Waals surface area contributed by atoms with E-state index in [2.05, 4.69) is 6.92 Å². The number of esters is 2. The van der Waals surface area contributed by atoms with Gasteiger partial charge in [0.05, 0.1) is 36.3 Å². The van der Waals surface area contributed by atoms with Crippen LogP contribution in [0.25, 0.3) is 0 Å². The van der Waals surface area contributed by atoms with Gasteiger partial charge in [-0.25, -0.2) is 8.42 Å². The van der Waals surface area contributed by atoms with Crippen LogP contribution in [-0.4, -0.2) is 72.8 Å². The fourth-order valence-corrected chi connectivity index (χ4v) is 4.54. The van der Waals surface area contributed by atoms with E-state index in [1.807, 2.05) is 0 Å². The first-order valence-electron chi connectivity index (χ1n) is 14.2. The fraction of sp³-hybridized carbons (Fsp3) is 0.889. The number of rotatable bonds is 26. The van der Waals surface area contributed by atoms with Crippen LogP contribution in [-0.2, 0) is 34.0 Å². The SMILES string of the molecule is CCCCCCCCCCCCCCCCCC(=O)OCC(CO)(CO)COC(=O)CC(C(=O)[O-])S(=O)(=O)[O-].[Na+].[Na+]. The summed E-state index contributed by atoms with van der Waals surface area (Å²) in [6.45, 7) is -0.425. The molecule has 0 saturated heterocycles. The Balaban J connectivity index is -0.00000722. The number of carbonyl (C=O) groups is 3. The van der Waals surface area contributed by atoms with Crippen LogP contribution >= 0.6 is 0 Å². The van der Waals surface area contributed by atoms with Crippen molar-refractivity contribution >= 4 is 28.0 Å². The standard InChI is InChI=1S/C27H50O11S.2Na/c1-2-3-4-5-6-7-8-9-10-11-12-13-14-15-16-17-24(30)37-21-27(19-28,20-29)22-38-25(31)18-23(26(32)33)39(34,35)36;;/h23,28-29H,2-22H2,1H3,(H,32,33)(H,34,35,36);;/q;2*+1/p-2. The molecule has 2 N–H and O–H groups in total. The number of unbranched alkanes of at least 4 members (excludes halogenated alkanes) is 14. The Hall–Kier alpha value is 0.240. The van der Waals surface area contributed by atoms with Crippen LogP contribution in [0, 0.1) is 5.41 Å². The molecule has 0 aliphatic heterocycles. The maximum absolute atomic E-state index is 12.1. The van der Waals surface area contributed by atoms with Gasteiger partial charge in [-0.3, -0.25) is 9.59 Å². The first-order valence-corrected chi connectivity index (χ1v) is 15.7. The van der Waals surface area contributed by atoms with Crippen molar-refractivity contribution in [3.8, 4) is 0 Å². The van der Waals surface area contributed by atoms with Gasteiger partial charge in [0, 0.05) is 6.42 Å². The van der Waals surface area contributed by atoms with Crippen molar-refractivity contribution in [1.29, 1.82) is 0 Å². The molecule has 0 amide bonds. The van der Waals surface area contributed by atoms with Crippen LogP contribution in [0.2, 0.25) is 0 Å². The molecule has 1 unspecified atom stereocenters. The van der Waals surface area contributed by atoms with Crippen LogP contribution in [0.3, 0.4) is 0 Å². The third-order valence-corrected chi connectivity index (χ3v) is 7.75. The molecule has 0 aliphatic carbocycles. The molecule has 0 heterocycles. The Morgan fingerprint density at radius 1 is 0.707 bits per heavy atom. The van der Waals surface area contributed by atoms with E-state index in [-0.39, 0.29) is 65.5 Å². The minimum absolute atomic E-state index is 0. The minimum Gasteiger partial charge on any atom is -0.747 e. The van der Waals surface area contributed by atoms with Gasteiger partial charge in [-0.2, -0.15) is 0 Å². The smallest absolute Gasteiger partial charge is 0.747 e. The number of carboxylic acid groups (broad SMARTS) is 1. The second-order valence-electron chi connectivity index (χ2n) is 10.3. The van der Waals surface area contributed by atoms with Crippen molar-refractivity contribution in [2.45, 2.75) is 121 Å². The van der Waals surface area contributed by atoms with Crippen molar-refractivity contribution in [3.63, 3.8) is 0 Å². The topological polar surface area (TPSA) is 190 Å². The predicted octanol–water partition coefficient (Wildman–Crippen LogP) is -3.63. The third kappa shape index (κ3) is 24.3. The van der Waals surface area contributed by atoms with Gasteiger partial charge in [0.2, 0.25) is 0 Å². The fourth-order valence-electron chi connectivity index (χ4n) is 3.97. The van der Waals surface area contributed by atoms with Crippen LogP contribution < -0.4 is 64.2 Å². The largest absolute Gasteiger partial charge is 1.00 e. The van der Waals surface area contributed by atoms with Crippen molar-refractivity contribution in [2.75, 3.05) is 26.4 Å². The molecular formula is C27H48Na2O11S. The summed E-state index contributed by atoms with van der Waals surface area (Å²) < 4.78 is 42.6. The molecule has 0 bridgehead atoms. The van der Waals surface area contributed by atoms with E-state index in [0.717, 1.165) is 19.3 Å². The summed E-state index contributed by atoms with van der Waals surface area (Å²) in [5.41, 5.74) is -1.58. The number of aliphatic hydroxyl groups excluding tert-OH is 2. The van der Waals surface area contributed by atoms with Gasteiger partial charge in [0.1, 0.15) is 23.3 Å². The van der Waals surface area contributed by atoms with Crippen LogP contribution in [0.4, 0.5) is 0 Å². The van der Waals surface area contributed by atoms with Crippen LogP contribution in [0.15, 0.2) is 0 Å². The summed E-state index contributed by atoms with van der Waals surface area (Å²) in [7, 11) is -5.35. The summed E-state index contributed by atoms with van der Waals surface area (Å²) in [5.74, 6) is -4.15. The summed E-state index contributed by atoms with van der Waals surface area (Å²) in [6, 6.07) is 0. The Morgan fingerprint density at radius 3 is 1.41 bits per heavy atom. The summed E-state index contributed by atoms with van der Waals surface area (Å²) in [6.07, 6.45) is 16.8. The zero-order valence-electron chi connectivity index (χ0n) is 25.4. The number of carbonyl (C=O) groups excluding carboxylic acids is 3. The number of carboxylic acids is 1. The number of ether oxygens (including phenoxy) is 2. The normalized spacial score (nSPS) is 12.1. The Morgan fingerprint density at radius 2 is 1.07 bits per heavy atom. The van der Waals surface area contributed by atoms with Gasteiger partial charge in [0.25, 0.3) is 0 Å². The first-order chi connectivity index (χ1) is 18.5. The third-order valence-electron chi connectivity index (χ3n) is 6.70. The van der Waals surface area contributed by atoms with E-state index < -0.39 is 71.5 Å². The van der Waals surface area contributed by atoms with E-state index >= 15 is 0 Å². The maximum atomic E-state index is 12.1. The molecule has 0 aromatic carbocycles. The molecule has 0 aromatic rings. The number of hydrogen-bond donors (Lipinski definition) is 2. The second kappa shape index (κ2) is 27.8. The second-order valence-corrected chi connectivity index (χ2v) is 11.9. The van der Waals surface area contributed by atoms with Gasteiger partial charge in [-0.05, 0) is 6.42 Å². The van der Waals surface area contributed by atoms with Crippen LogP contribution in [0.1, 0.15) is 116 Å². The average Bonchev–Trinajstić information content (AvgIpc) is 2.89. The molecule has 0 saturated carbocycles. The molecule has 0 fully saturated rings. The Kier molecular flexibility index (Phi) is 30.9. The van der Waals surface area contributed by atoms with E-state index in [9.17, 15) is 42.7 Å². The number of aliphatic carboxylic acids is 1. The van der Waals surface area contributed by atoms with Crippen molar-refractivity contribution in [3.05, 3.63) is 0 Å². The molecule has 1 atom stereocenters. The molecule has 0 aliphatic rings. The first kappa shape index (κ1) is 45.7. The zero-order chi connectivity index (χ0) is 29.6. The van der Waals surface area contributed by atoms with Crippen molar-refractivity contribution in [2.24, 2.45) is 5.41 Å². The monoisotopic (exact) mass is 626 g/mol. The molecule has 230 valence electrons. The molecule has 0 rings (SSSR count). The molecule has 0 radical (unpaired) electrons. The molecule has 41 heavy (non-hydrogen) atoms. The van der Waals surface area contributed by atoms with Gasteiger partial charge in [-0.1, -0.05) is 96.8 Å². The molecule has 0 spiro atoms. The van der Waals surface area contributed by atoms with Gasteiger partial charge in [0.15, 0.2) is 0 Å². The maximum Gasteiger partial charge on any atom is 1.00 e.